The maximum atomic E-state index is 7.91. The lowest BCUT2D eigenvalue weighted by molar-refractivity contribution is -0.660. The minimum Gasteiger partial charge on any atom is -0.455 e. The van der Waals surface area contributed by atoms with Gasteiger partial charge in [-0.1, -0.05) is 31.4 Å². The maximum Gasteiger partial charge on any atom is 0.216 e. The van der Waals surface area contributed by atoms with Crippen LogP contribution < -0.4 is 4.57 Å². The van der Waals surface area contributed by atoms with Crippen molar-refractivity contribution in [2.45, 2.75) is 51.9 Å². The smallest absolute Gasteiger partial charge is 0.216 e. The molecule has 1 saturated carbocycles. The van der Waals surface area contributed by atoms with Gasteiger partial charge in [0.1, 0.15) is 18.2 Å². The predicted molar refractivity (Wildman–Crippen MR) is 122 cm³/mol. The van der Waals surface area contributed by atoms with Crippen molar-refractivity contribution in [1.82, 2.24) is 0 Å². The first-order valence-corrected chi connectivity index (χ1v) is 10.9. The third-order valence-electron chi connectivity index (χ3n) is 6.85. The van der Waals surface area contributed by atoms with Crippen molar-refractivity contribution in [3.8, 4) is 11.3 Å². The molecule has 0 spiro atoms. The lowest BCUT2D eigenvalue weighted by atomic mass is 9.82. The molecule has 150 valence electrons. The van der Waals surface area contributed by atoms with Gasteiger partial charge in [0.2, 0.25) is 5.69 Å². The Morgan fingerprint density at radius 1 is 1.07 bits per heavy atom. The van der Waals surface area contributed by atoms with Gasteiger partial charge < -0.3 is 4.42 Å². The zero-order valence-electron chi connectivity index (χ0n) is 18.0. The molecule has 1 aliphatic rings. The van der Waals surface area contributed by atoms with E-state index in [-0.39, 0.29) is 0 Å². The van der Waals surface area contributed by atoms with Gasteiger partial charge in [0.05, 0.1) is 12.1 Å². The van der Waals surface area contributed by atoms with Crippen LogP contribution in [0.4, 0.5) is 5.69 Å². The van der Waals surface area contributed by atoms with E-state index in [1.54, 1.807) is 0 Å². The molecule has 3 nitrogen and oxygen atoms in total. The lowest BCUT2D eigenvalue weighted by Gasteiger charge is -2.23. The van der Waals surface area contributed by atoms with Crippen molar-refractivity contribution in [2.24, 2.45) is 7.05 Å². The molecule has 0 radical (unpaired) electrons. The molecule has 0 amide bonds. The van der Waals surface area contributed by atoms with Gasteiger partial charge >= 0.3 is 0 Å². The molecule has 3 heteroatoms. The quantitative estimate of drug-likeness (QED) is 0.258. The van der Waals surface area contributed by atoms with Gasteiger partial charge in [-0.3, -0.25) is 0 Å². The fraction of sp³-hybridized carbons (Fsp3) is 0.333. The predicted octanol–water partition coefficient (Wildman–Crippen LogP) is 7.29. The molecule has 0 aliphatic heterocycles. The highest BCUT2D eigenvalue weighted by Crippen LogP contribution is 2.46. The Morgan fingerprint density at radius 2 is 1.87 bits per heavy atom. The SMILES string of the molecule is [C-]#[N+]c1c(C2CCCCC2)cc2oc3c(-c4cccc[n+]4C)c(C)ccc3c2c1C. The van der Waals surface area contributed by atoms with Crippen LogP contribution in [0.15, 0.2) is 47.0 Å². The van der Waals surface area contributed by atoms with Crippen LogP contribution in [0.25, 0.3) is 38.0 Å². The van der Waals surface area contributed by atoms with Crippen molar-refractivity contribution in [3.63, 3.8) is 0 Å². The topological polar surface area (TPSA) is 21.4 Å². The monoisotopic (exact) mass is 395 g/mol. The highest BCUT2D eigenvalue weighted by Gasteiger charge is 2.25. The van der Waals surface area contributed by atoms with Crippen LogP contribution in [0.5, 0.6) is 0 Å². The van der Waals surface area contributed by atoms with Crippen molar-refractivity contribution < 1.29 is 8.98 Å². The Labute approximate surface area is 177 Å². The van der Waals surface area contributed by atoms with E-state index >= 15 is 0 Å². The molecule has 1 fully saturated rings. The molecular weight excluding hydrogens is 368 g/mol. The number of fused-ring (bicyclic) bond motifs is 3. The van der Waals surface area contributed by atoms with Crippen LogP contribution in [0.1, 0.15) is 54.7 Å². The third-order valence-corrected chi connectivity index (χ3v) is 6.85. The van der Waals surface area contributed by atoms with Crippen molar-refractivity contribution >= 4 is 27.6 Å². The van der Waals surface area contributed by atoms with Gasteiger partial charge in [0, 0.05) is 22.9 Å². The molecule has 1 aliphatic carbocycles. The lowest BCUT2D eigenvalue weighted by Crippen LogP contribution is -2.30. The second kappa shape index (κ2) is 7.29. The molecule has 2 aromatic carbocycles. The van der Waals surface area contributed by atoms with Crippen molar-refractivity contribution in [1.29, 1.82) is 0 Å². The first-order valence-electron chi connectivity index (χ1n) is 10.9. The number of aryl methyl sites for hydroxylation is 3. The summed E-state index contributed by atoms with van der Waals surface area (Å²) < 4.78 is 8.71. The summed E-state index contributed by atoms with van der Waals surface area (Å²) in [6.45, 7) is 12.1. The molecule has 2 aromatic heterocycles. The number of hydrogen-bond donors (Lipinski definition) is 0. The van der Waals surface area contributed by atoms with E-state index in [1.807, 2.05) is 6.07 Å². The van der Waals surface area contributed by atoms with Crippen LogP contribution in [-0.4, -0.2) is 0 Å². The first kappa shape index (κ1) is 18.9. The number of nitrogens with zero attached hydrogens (tertiary/aromatic N) is 2. The highest BCUT2D eigenvalue weighted by atomic mass is 16.3. The number of hydrogen-bond acceptors (Lipinski definition) is 1. The van der Waals surface area contributed by atoms with E-state index in [2.05, 4.69) is 66.8 Å². The first-order chi connectivity index (χ1) is 14.6. The number of rotatable bonds is 2. The zero-order chi connectivity index (χ0) is 20.8. The average Bonchev–Trinajstić information content (AvgIpc) is 3.14. The standard InChI is InChI=1S/C27H27N2O/c1-17-13-14-20-25-18(2)26(28-3)21(19-10-6-5-7-11-19)16-23(25)30-27(20)24(17)22-12-8-9-15-29(22)4/h8-9,12-16,19H,5-7,10-11H2,1-2,4H3/q+1. The number of pyridine rings is 1. The largest absolute Gasteiger partial charge is 0.455 e. The number of furan rings is 1. The average molecular weight is 396 g/mol. The van der Waals surface area contributed by atoms with E-state index in [1.165, 1.54) is 43.2 Å². The summed E-state index contributed by atoms with van der Waals surface area (Å²) in [5.41, 5.74) is 8.40. The van der Waals surface area contributed by atoms with Crippen LogP contribution >= 0.6 is 0 Å². The van der Waals surface area contributed by atoms with Gasteiger partial charge in [-0.15, -0.1) is 0 Å². The van der Waals surface area contributed by atoms with E-state index in [9.17, 15) is 0 Å². The second-order valence-electron chi connectivity index (χ2n) is 8.69. The second-order valence-corrected chi connectivity index (χ2v) is 8.69. The summed E-state index contributed by atoms with van der Waals surface area (Å²) in [6.07, 6.45) is 8.25. The Bertz CT molecular complexity index is 1320. The normalized spacial score (nSPS) is 15.0. The Morgan fingerprint density at radius 3 is 2.60 bits per heavy atom. The third kappa shape index (κ3) is 2.82. The Balaban J connectivity index is 1.84. The Hall–Kier alpha value is -3.12. The fourth-order valence-electron chi connectivity index (χ4n) is 5.29. The van der Waals surface area contributed by atoms with Crippen molar-refractivity contribution in [2.75, 3.05) is 0 Å². The van der Waals surface area contributed by atoms with Crippen LogP contribution in [0.3, 0.4) is 0 Å². The zero-order valence-corrected chi connectivity index (χ0v) is 18.0. The molecule has 0 saturated heterocycles. The molecule has 0 N–H and O–H groups in total. The summed E-state index contributed by atoms with van der Waals surface area (Å²) in [6, 6.07) is 12.8. The summed E-state index contributed by atoms with van der Waals surface area (Å²) in [5.74, 6) is 0.479. The molecule has 4 aromatic rings. The van der Waals surface area contributed by atoms with E-state index < -0.39 is 0 Å². The molecule has 5 rings (SSSR count). The van der Waals surface area contributed by atoms with Gasteiger partial charge in [0.15, 0.2) is 11.9 Å². The van der Waals surface area contributed by atoms with E-state index in [0.717, 1.165) is 44.4 Å². The summed E-state index contributed by atoms with van der Waals surface area (Å²) in [5, 5.41) is 2.20. The van der Waals surface area contributed by atoms with Crippen LogP contribution in [0, 0.1) is 20.4 Å². The van der Waals surface area contributed by atoms with Gasteiger partial charge in [-0.05, 0) is 61.4 Å². The highest BCUT2D eigenvalue weighted by molar-refractivity contribution is 6.12. The van der Waals surface area contributed by atoms with Gasteiger partial charge in [0.25, 0.3) is 0 Å². The van der Waals surface area contributed by atoms with Crippen LogP contribution in [0.2, 0.25) is 0 Å². The summed E-state index contributed by atoms with van der Waals surface area (Å²) in [7, 11) is 2.07. The van der Waals surface area contributed by atoms with Crippen LogP contribution in [-0.2, 0) is 7.05 Å². The van der Waals surface area contributed by atoms with E-state index in [0.29, 0.717) is 5.92 Å². The minimum atomic E-state index is 0.479. The number of aromatic nitrogens is 1. The van der Waals surface area contributed by atoms with E-state index in [4.69, 9.17) is 11.0 Å². The minimum absolute atomic E-state index is 0.479. The summed E-state index contributed by atoms with van der Waals surface area (Å²) in [4.78, 5) is 4.00. The maximum absolute atomic E-state index is 7.91. The number of benzene rings is 2. The molecule has 0 unspecified atom stereocenters. The molecule has 0 bridgehead atoms. The molecular formula is C27H27N2O+. The molecule has 0 atom stereocenters. The Kier molecular flexibility index (Phi) is 4.59. The molecule has 30 heavy (non-hydrogen) atoms. The fourth-order valence-corrected chi connectivity index (χ4v) is 5.29. The summed E-state index contributed by atoms with van der Waals surface area (Å²) >= 11 is 0. The van der Waals surface area contributed by atoms with Gasteiger partial charge in [-0.25, -0.2) is 9.41 Å². The van der Waals surface area contributed by atoms with Crippen molar-refractivity contribution in [3.05, 3.63) is 70.7 Å². The van der Waals surface area contributed by atoms with Gasteiger partial charge in [-0.2, -0.15) is 0 Å². The molecule has 2 heterocycles.